The van der Waals surface area contributed by atoms with Crippen molar-refractivity contribution >= 4 is 16.9 Å². The number of hydrogen-bond acceptors (Lipinski definition) is 4. The highest BCUT2D eigenvalue weighted by molar-refractivity contribution is 6.01. The van der Waals surface area contributed by atoms with Crippen LogP contribution in [-0.4, -0.2) is 13.1 Å². The first-order chi connectivity index (χ1) is 11.1. The summed E-state index contributed by atoms with van der Waals surface area (Å²) >= 11 is 0. The Balaban J connectivity index is 1.95. The molecule has 2 aromatic rings. The molecule has 3 atom stereocenters. The van der Waals surface area contributed by atoms with E-state index in [0.29, 0.717) is 33.9 Å². The molecular formula is C19H18O4. The van der Waals surface area contributed by atoms with E-state index in [1.54, 1.807) is 18.2 Å². The van der Waals surface area contributed by atoms with Gasteiger partial charge in [0, 0.05) is 11.5 Å². The smallest absolute Gasteiger partial charge is 0.341 e. The molecule has 1 saturated carbocycles. The molecule has 0 saturated heterocycles. The van der Waals surface area contributed by atoms with Crippen molar-refractivity contribution in [3.63, 3.8) is 0 Å². The maximum Gasteiger partial charge on any atom is 0.341 e. The molecule has 1 aromatic heterocycles. The number of carbonyl (C=O) groups is 1. The molecule has 1 aromatic carbocycles. The summed E-state index contributed by atoms with van der Waals surface area (Å²) in [6.07, 6.45) is 6.63. The first-order valence-corrected chi connectivity index (χ1v) is 7.93. The minimum absolute atomic E-state index is 0.0567. The van der Waals surface area contributed by atoms with Gasteiger partial charge in [-0.1, -0.05) is 18.2 Å². The average Bonchev–Trinajstić information content (AvgIpc) is 3.20. The summed E-state index contributed by atoms with van der Waals surface area (Å²) in [6, 6.07) is 5.02. The molecule has 0 amide bonds. The summed E-state index contributed by atoms with van der Waals surface area (Å²) in [4.78, 5) is 24.7. The van der Waals surface area contributed by atoms with Gasteiger partial charge in [0.1, 0.15) is 11.3 Å². The predicted octanol–water partition coefficient (Wildman–Crippen LogP) is 3.57. The highest BCUT2D eigenvalue weighted by Crippen LogP contribution is 2.49. The Morgan fingerprint density at radius 3 is 2.74 bits per heavy atom. The van der Waals surface area contributed by atoms with E-state index in [4.69, 9.17) is 9.15 Å². The van der Waals surface area contributed by atoms with Gasteiger partial charge in [-0.15, -0.1) is 0 Å². The summed E-state index contributed by atoms with van der Waals surface area (Å²) in [7, 11) is 1.33. The van der Waals surface area contributed by atoms with Crippen LogP contribution in [0.25, 0.3) is 11.0 Å². The van der Waals surface area contributed by atoms with Crippen LogP contribution in [0.2, 0.25) is 0 Å². The average molecular weight is 310 g/mol. The minimum atomic E-state index is -0.485. The van der Waals surface area contributed by atoms with Gasteiger partial charge in [0.15, 0.2) is 11.0 Å². The van der Waals surface area contributed by atoms with Crippen LogP contribution in [0.1, 0.15) is 40.4 Å². The highest BCUT2D eigenvalue weighted by Gasteiger charge is 2.39. The van der Waals surface area contributed by atoms with E-state index >= 15 is 0 Å². The van der Waals surface area contributed by atoms with Crippen LogP contribution in [0.3, 0.4) is 0 Å². The summed E-state index contributed by atoms with van der Waals surface area (Å²) in [6.45, 7) is 1.82. The lowest BCUT2D eigenvalue weighted by atomic mass is 9.88. The number of rotatable bonds is 2. The lowest BCUT2D eigenvalue weighted by Gasteiger charge is -2.19. The number of fused-ring (bicyclic) bond motifs is 3. The molecule has 4 heteroatoms. The molecular weight excluding hydrogens is 292 g/mol. The van der Waals surface area contributed by atoms with Gasteiger partial charge in [-0.3, -0.25) is 4.79 Å². The fourth-order valence-electron chi connectivity index (χ4n) is 4.03. The molecule has 4 rings (SSSR count). The third-order valence-corrected chi connectivity index (χ3v) is 5.20. The van der Waals surface area contributed by atoms with Crippen LogP contribution in [0, 0.1) is 18.8 Å². The third kappa shape index (κ3) is 2.05. The zero-order valence-electron chi connectivity index (χ0n) is 13.2. The van der Waals surface area contributed by atoms with Gasteiger partial charge in [0.25, 0.3) is 0 Å². The largest absolute Gasteiger partial charge is 0.465 e. The van der Waals surface area contributed by atoms with Gasteiger partial charge < -0.3 is 9.15 Å². The second kappa shape index (κ2) is 5.08. The van der Waals surface area contributed by atoms with Crippen molar-refractivity contribution < 1.29 is 13.9 Å². The van der Waals surface area contributed by atoms with Gasteiger partial charge in [-0.2, -0.15) is 0 Å². The predicted molar refractivity (Wildman–Crippen MR) is 86.7 cm³/mol. The summed E-state index contributed by atoms with van der Waals surface area (Å²) < 4.78 is 10.9. The van der Waals surface area contributed by atoms with Crippen LogP contribution in [0.4, 0.5) is 0 Å². The second-order valence-electron chi connectivity index (χ2n) is 6.48. The van der Waals surface area contributed by atoms with E-state index in [1.165, 1.54) is 7.11 Å². The number of carbonyl (C=O) groups excluding carboxylic acids is 1. The number of allylic oxidation sites excluding steroid dienone is 2. The highest BCUT2D eigenvalue weighted by atomic mass is 16.5. The van der Waals surface area contributed by atoms with Crippen LogP contribution >= 0.6 is 0 Å². The van der Waals surface area contributed by atoms with E-state index in [1.807, 2.05) is 6.92 Å². The van der Waals surface area contributed by atoms with Gasteiger partial charge >= 0.3 is 5.97 Å². The van der Waals surface area contributed by atoms with E-state index in [9.17, 15) is 9.59 Å². The van der Waals surface area contributed by atoms with Crippen molar-refractivity contribution in [3.8, 4) is 0 Å². The fraction of sp³-hybridized carbons (Fsp3) is 0.368. The maximum absolute atomic E-state index is 12.7. The maximum atomic E-state index is 12.7. The number of hydrogen-bond donors (Lipinski definition) is 0. The minimum Gasteiger partial charge on any atom is -0.465 e. The topological polar surface area (TPSA) is 56.5 Å². The molecule has 1 fully saturated rings. The van der Waals surface area contributed by atoms with Crippen molar-refractivity contribution in [2.45, 2.75) is 25.7 Å². The van der Waals surface area contributed by atoms with Gasteiger partial charge in [0.2, 0.25) is 0 Å². The van der Waals surface area contributed by atoms with E-state index in [0.717, 1.165) is 18.6 Å². The lowest BCUT2D eigenvalue weighted by molar-refractivity contribution is 0.0601. The van der Waals surface area contributed by atoms with Crippen molar-refractivity contribution in [2.75, 3.05) is 7.11 Å². The Bertz CT molecular complexity index is 890. The molecule has 2 aliphatic rings. The Morgan fingerprint density at radius 1 is 1.26 bits per heavy atom. The Kier molecular flexibility index (Phi) is 3.15. The van der Waals surface area contributed by atoms with Crippen LogP contribution in [0.5, 0.6) is 0 Å². The fourth-order valence-corrected chi connectivity index (χ4v) is 4.03. The lowest BCUT2D eigenvalue weighted by Crippen LogP contribution is -2.16. The monoisotopic (exact) mass is 310 g/mol. The Labute approximate surface area is 133 Å². The van der Waals surface area contributed by atoms with Gasteiger partial charge in [-0.25, -0.2) is 4.79 Å². The zero-order chi connectivity index (χ0) is 16.1. The summed E-state index contributed by atoms with van der Waals surface area (Å²) in [5, 5.41) is 0.438. The van der Waals surface area contributed by atoms with Crippen molar-refractivity contribution in [3.05, 3.63) is 57.5 Å². The normalized spacial score (nSPS) is 25.2. The standard InChI is InChI=1S/C19H18O4/c1-10-16(20)13-4-3-5-14(19(21)22-2)18(13)23-17(10)15-9-11-6-7-12(15)8-11/h3-7,11-12,15H,8-9H2,1-2H3. The first kappa shape index (κ1) is 14.2. The van der Waals surface area contributed by atoms with Crippen LogP contribution in [-0.2, 0) is 4.74 Å². The van der Waals surface area contributed by atoms with Crippen LogP contribution in [0.15, 0.2) is 39.6 Å². The molecule has 0 radical (unpaired) electrons. The molecule has 4 nitrogen and oxygen atoms in total. The molecule has 0 N–H and O–H groups in total. The molecule has 0 aliphatic heterocycles. The number of ether oxygens (including phenoxy) is 1. The number of methoxy groups -OCH3 is 1. The first-order valence-electron chi connectivity index (χ1n) is 7.93. The van der Waals surface area contributed by atoms with E-state index < -0.39 is 5.97 Å². The summed E-state index contributed by atoms with van der Waals surface area (Å²) in [5.74, 6) is 1.50. The van der Waals surface area contributed by atoms with Crippen molar-refractivity contribution in [1.29, 1.82) is 0 Å². The molecule has 118 valence electrons. The van der Waals surface area contributed by atoms with Crippen LogP contribution < -0.4 is 5.43 Å². The van der Waals surface area contributed by atoms with E-state index in [2.05, 4.69) is 12.2 Å². The van der Waals surface area contributed by atoms with Crippen molar-refractivity contribution in [1.82, 2.24) is 0 Å². The SMILES string of the molecule is COC(=O)c1cccc2c(=O)c(C)c(C3CC4C=CC3C4)oc12. The molecule has 2 bridgehead atoms. The molecule has 3 unspecified atom stereocenters. The van der Waals surface area contributed by atoms with Gasteiger partial charge in [-0.05, 0) is 43.7 Å². The number of para-hydroxylation sites is 1. The second-order valence-corrected chi connectivity index (χ2v) is 6.48. The Hall–Kier alpha value is -2.36. The van der Waals surface area contributed by atoms with Crippen molar-refractivity contribution in [2.24, 2.45) is 11.8 Å². The van der Waals surface area contributed by atoms with Gasteiger partial charge in [0.05, 0.1) is 12.5 Å². The molecule has 0 spiro atoms. The third-order valence-electron chi connectivity index (χ3n) is 5.20. The molecule has 23 heavy (non-hydrogen) atoms. The zero-order valence-corrected chi connectivity index (χ0v) is 13.2. The number of esters is 1. The quantitative estimate of drug-likeness (QED) is 0.628. The number of benzene rings is 1. The molecule has 1 heterocycles. The molecule has 2 aliphatic carbocycles. The summed E-state index contributed by atoms with van der Waals surface area (Å²) in [5.41, 5.74) is 1.25. The Morgan fingerprint density at radius 2 is 2.09 bits per heavy atom. The van der Waals surface area contributed by atoms with E-state index in [-0.39, 0.29) is 11.3 Å².